The monoisotopic (exact) mass is 326 g/mol. The molecule has 2 aromatic heterocycles. The number of ether oxygens (including phenoxy) is 1. The number of fused-ring (bicyclic) bond motifs is 1. The lowest BCUT2D eigenvalue weighted by molar-refractivity contribution is -0.0298. The molecule has 8 nitrogen and oxygen atoms in total. The summed E-state index contributed by atoms with van der Waals surface area (Å²) in [5.41, 5.74) is 8.33. The van der Waals surface area contributed by atoms with Gasteiger partial charge in [0.15, 0.2) is 17.0 Å². The molecule has 0 spiro atoms. The second-order valence-corrected chi connectivity index (χ2v) is 5.73. The van der Waals surface area contributed by atoms with Crippen LogP contribution < -0.4 is 11.1 Å². The first-order chi connectivity index (χ1) is 11.7. The highest BCUT2D eigenvalue weighted by atomic mass is 16.5. The summed E-state index contributed by atoms with van der Waals surface area (Å²) in [6.45, 7) is 0.715. The molecule has 0 aliphatic carbocycles. The lowest BCUT2D eigenvalue weighted by Crippen LogP contribution is -2.17. The number of rotatable bonds is 3. The molecule has 24 heavy (non-hydrogen) atoms. The second kappa shape index (κ2) is 5.97. The first-order valence-corrected chi connectivity index (χ1v) is 7.89. The molecular weight excluding hydrogens is 308 g/mol. The van der Waals surface area contributed by atoms with Gasteiger partial charge in [0.1, 0.15) is 6.23 Å². The van der Waals surface area contributed by atoms with Crippen LogP contribution in [-0.2, 0) is 4.74 Å². The number of aromatic hydroxyl groups is 1. The normalized spacial score (nSPS) is 17.9. The van der Waals surface area contributed by atoms with Crippen molar-refractivity contribution in [2.24, 2.45) is 0 Å². The SMILES string of the molecule is Nc1ccccc1Nc1nc(O)nc2c1ncn2C1CCCCO1. The molecule has 1 aliphatic rings. The molecule has 1 atom stereocenters. The third-order valence-corrected chi connectivity index (χ3v) is 4.09. The summed E-state index contributed by atoms with van der Waals surface area (Å²) in [5, 5.41) is 13.0. The van der Waals surface area contributed by atoms with E-state index in [1.54, 1.807) is 12.4 Å². The van der Waals surface area contributed by atoms with Crippen molar-refractivity contribution in [3.05, 3.63) is 30.6 Å². The van der Waals surface area contributed by atoms with Gasteiger partial charge >= 0.3 is 6.01 Å². The molecule has 0 radical (unpaired) electrons. The number of nitrogen functional groups attached to an aromatic ring is 1. The third-order valence-electron chi connectivity index (χ3n) is 4.09. The highest BCUT2D eigenvalue weighted by Gasteiger charge is 2.21. The van der Waals surface area contributed by atoms with E-state index in [4.69, 9.17) is 10.5 Å². The van der Waals surface area contributed by atoms with Crippen molar-refractivity contribution in [3.8, 4) is 6.01 Å². The Morgan fingerprint density at radius 2 is 2.12 bits per heavy atom. The summed E-state index contributed by atoms with van der Waals surface area (Å²) in [6.07, 6.45) is 4.60. The van der Waals surface area contributed by atoms with Crippen molar-refractivity contribution in [1.29, 1.82) is 0 Å². The van der Waals surface area contributed by atoms with Gasteiger partial charge in [0.2, 0.25) is 0 Å². The van der Waals surface area contributed by atoms with E-state index in [1.165, 1.54) is 0 Å². The molecule has 3 aromatic rings. The summed E-state index contributed by atoms with van der Waals surface area (Å²) in [7, 11) is 0. The molecule has 1 fully saturated rings. The standard InChI is InChI=1S/C16H18N6O2/c17-10-5-1-2-6-11(10)19-14-13-15(21-16(23)20-14)22(9-18-13)12-7-3-4-8-24-12/h1-2,5-6,9,12H,3-4,7-8,17H2,(H2,19,20,21,23). The van der Waals surface area contributed by atoms with Crippen molar-refractivity contribution in [2.75, 3.05) is 17.7 Å². The quantitative estimate of drug-likeness (QED) is 0.634. The van der Waals surface area contributed by atoms with Gasteiger partial charge in [0.05, 0.1) is 17.7 Å². The molecular formula is C16H18N6O2. The van der Waals surface area contributed by atoms with Crippen LogP contribution in [0.5, 0.6) is 6.01 Å². The molecule has 1 aliphatic heterocycles. The van der Waals surface area contributed by atoms with Crippen molar-refractivity contribution >= 4 is 28.4 Å². The van der Waals surface area contributed by atoms with E-state index in [2.05, 4.69) is 20.3 Å². The molecule has 3 heterocycles. The summed E-state index contributed by atoms with van der Waals surface area (Å²) in [6, 6.07) is 7.02. The highest BCUT2D eigenvalue weighted by Crippen LogP contribution is 2.31. The predicted octanol–water partition coefficient (Wildman–Crippen LogP) is 2.56. The number of nitrogens with two attached hydrogens (primary N) is 1. The van der Waals surface area contributed by atoms with E-state index < -0.39 is 0 Å². The van der Waals surface area contributed by atoms with Crippen LogP contribution in [0.3, 0.4) is 0 Å². The van der Waals surface area contributed by atoms with Crippen LogP contribution in [0.15, 0.2) is 30.6 Å². The fourth-order valence-electron chi connectivity index (χ4n) is 2.88. The van der Waals surface area contributed by atoms with Crippen LogP contribution >= 0.6 is 0 Å². The lowest BCUT2D eigenvalue weighted by Gasteiger charge is -2.23. The molecule has 0 bridgehead atoms. The minimum Gasteiger partial charge on any atom is -0.479 e. The summed E-state index contributed by atoms with van der Waals surface area (Å²) in [4.78, 5) is 12.6. The van der Waals surface area contributed by atoms with Crippen molar-refractivity contribution in [1.82, 2.24) is 19.5 Å². The number of nitrogens with one attached hydrogen (secondary N) is 1. The molecule has 4 rings (SSSR count). The molecule has 124 valence electrons. The van der Waals surface area contributed by atoms with E-state index in [0.29, 0.717) is 35.0 Å². The fourth-order valence-corrected chi connectivity index (χ4v) is 2.88. The Balaban J connectivity index is 1.76. The third kappa shape index (κ3) is 2.61. The minimum atomic E-state index is -0.322. The van der Waals surface area contributed by atoms with Gasteiger partial charge in [-0.25, -0.2) is 4.98 Å². The summed E-state index contributed by atoms with van der Waals surface area (Å²) >= 11 is 0. The number of benzene rings is 1. The maximum absolute atomic E-state index is 9.92. The summed E-state index contributed by atoms with van der Waals surface area (Å²) < 4.78 is 7.63. The van der Waals surface area contributed by atoms with Crippen molar-refractivity contribution < 1.29 is 9.84 Å². The molecule has 1 aromatic carbocycles. The fraction of sp³-hybridized carbons (Fsp3) is 0.312. The Morgan fingerprint density at radius 1 is 1.25 bits per heavy atom. The Labute approximate surface area is 138 Å². The predicted molar refractivity (Wildman–Crippen MR) is 90.0 cm³/mol. The highest BCUT2D eigenvalue weighted by molar-refractivity contribution is 5.87. The maximum atomic E-state index is 9.92. The average molecular weight is 326 g/mol. The Kier molecular flexibility index (Phi) is 3.66. The number of hydrogen-bond donors (Lipinski definition) is 3. The Morgan fingerprint density at radius 3 is 2.92 bits per heavy atom. The minimum absolute atomic E-state index is 0.118. The molecule has 0 amide bonds. The lowest BCUT2D eigenvalue weighted by atomic mass is 10.2. The van der Waals surface area contributed by atoms with E-state index in [0.717, 1.165) is 19.3 Å². The van der Waals surface area contributed by atoms with Gasteiger partial charge in [-0.1, -0.05) is 12.1 Å². The van der Waals surface area contributed by atoms with Crippen molar-refractivity contribution in [2.45, 2.75) is 25.5 Å². The van der Waals surface area contributed by atoms with Gasteiger partial charge in [-0.2, -0.15) is 9.97 Å². The molecule has 1 saturated heterocycles. The van der Waals surface area contributed by atoms with Gasteiger partial charge in [-0.05, 0) is 31.4 Å². The van der Waals surface area contributed by atoms with Crippen LogP contribution in [0, 0.1) is 0 Å². The number of anilines is 3. The van der Waals surface area contributed by atoms with Gasteiger partial charge in [0, 0.05) is 6.61 Å². The van der Waals surface area contributed by atoms with Crippen LogP contribution in [0.1, 0.15) is 25.5 Å². The van der Waals surface area contributed by atoms with E-state index >= 15 is 0 Å². The zero-order valence-electron chi connectivity index (χ0n) is 13.0. The first kappa shape index (κ1) is 14.7. The topological polar surface area (TPSA) is 111 Å². The van der Waals surface area contributed by atoms with Gasteiger partial charge < -0.3 is 20.9 Å². The molecule has 4 N–H and O–H groups in total. The van der Waals surface area contributed by atoms with E-state index in [9.17, 15) is 5.11 Å². The number of para-hydroxylation sites is 2. The van der Waals surface area contributed by atoms with E-state index in [1.807, 2.05) is 22.8 Å². The molecule has 1 unspecified atom stereocenters. The van der Waals surface area contributed by atoms with Crippen LogP contribution in [0.2, 0.25) is 0 Å². The van der Waals surface area contributed by atoms with Crippen LogP contribution in [0.4, 0.5) is 17.2 Å². The number of aromatic nitrogens is 4. The zero-order chi connectivity index (χ0) is 16.5. The van der Waals surface area contributed by atoms with E-state index in [-0.39, 0.29) is 12.2 Å². The Hall–Kier alpha value is -2.87. The molecule has 0 saturated carbocycles. The van der Waals surface area contributed by atoms with Gasteiger partial charge in [-0.15, -0.1) is 0 Å². The first-order valence-electron chi connectivity index (χ1n) is 7.89. The maximum Gasteiger partial charge on any atom is 0.318 e. The number of hydrogen-bond acceptors (Lipinski definition) is 7. The molecule has 8 heteroatoms. The Bertz CT molecular complexity index is 872. The van der Waals surface area contributed by atoms with Crippen LogP contribution in [0.25, 0.3) is 11.2 Å². The van der Waals surface area contributed by atoms with Crippen LogP contribution in [-0.4, -0.2) is 31.2 Å². The van der Waals surface area contributed by atoms with Gasteiger partial charge in [-0.3, -0.25) is 4.57 Å². The van der Waals surface area contributed by atoms with Crippen molar-refractivity contribution in [3.63, 3.8) is 0 Å². The number of nitrogens with zero attached hydrogens (tertiary/aromatic N) is 4. The average Bonchev–Trinajstić information content (AvgIpc) is 3.01. The number of imidazole rings is 1. The zero-order valence-corrected chi connectivity index (χ0v) is 13.0. The largest absolute Gasteiger partial charge is 0.479 e. The smallest absolute Gasteiger partial charge is 0.318 e. The summed E-state index contributed by atoms with van der Waals surface area (Å²) in [5.74, 6) is 0.407. The van der Waals surface area contributed by atoms with Gasteiger partial charge in [0.25, 0.3) is 0 Å². The second-order valence-electron chi connectivity index (χ2n) is 5.73.